The number of benzene rings is 1. The van der Waals surface area contributed by atoms with Gasteiger partial charge in [-0.05, 0) is 56.0 Å². The first-order chi connectivity index (χ1) is 8.78. The van der Waals surface area contributed by atoms with Gasteiger partial charge in [0.2, 0.25) is 0 Å². The van der Waals surface area contributed by atoms with Crippen molar-refractivity contribution in [2.45, 2.75) is 39.0 Å². The van der Waals surface area contributed by atoms with Gasteiger partial charge >= 0.3 is 0 Å². The van der Waals surface area contributed by atoms with Gasteiger partial charge in [0.05, 0.1) is 0 Å². The quantitative estimate of drug-likeness (QED) is 0.808. The van der Waals surface area contributed by atoms with Crippen molar-refractivity contribution < 1.29 is 0 Å². The minimum absolute atomic E-state index is 0.883. The third kappa shape index (κ3) is 4.02. The second kappa shape index (κ2) is 6.79. The second-order valence-electron chi connectivity index (χ2n) is 5.57. The summed E-state index contributed by atoms with van der Waals surface area (Å²) in [5, 5.41) is 0. The van der Waals surface area contributed by atoms with E-state index in [1.54, 1.807) is 0 Å². The van der Waals surface area contributed by atoms with Gasteiger partial charge < -0.3 is 10.6 Å². The minimum Gasteiger partial charge on any atom is -0.399 e. The number of rotatable bonds is 5. The maximum absolute atomic E-state index is 5.81. The Hall–Kier alpha value is -1.02. The lowest BCUT2D eigenvalue weighted by Gasteiger charge is -2.31. The molecule has 0 radical (unpaired) electrons. The lowest BCUT2D eigenvalue weighted by Crippen LogP contribution is -2.35. The molecule has 0 spiro atoms. The zero-order chi connectivity index (χ0) is 12.8. The normalized spacial score (nSPS) is 18.1. The predicted octanol–water partition coefficient (Wildman–Crippen LogP) is 3.32. The standard InChI is InChI=1S/C16H26N2/c1-2-4-14-7-10-18(11-8-14)12-9-15-5-3-6-16(17)13-15/h3,5-6,13-14H,2,4,7-12,17H2,1H3. The number of nitrogen functional groups attached to an aromatic ring is 1. The zero-order valence-electron chi connectivity index (χ0n) is 11.6. The number of anilines is 1. The minimum atomic E-state index is 0.883. The van der Waals surface area contributed by atoms with Crippen LogP contribution < -0.4 is 5.73 Å². The Bertz CT molecular complexity index is 354. The van der Waals surface area contributed by atoms with Gasteiger partial charge in [-0.25, -0.2) is 0 Å². The summed E-state index contributed by atoms with van der Waals surface area (Å²) in [6.07, 6.45) is 6.68. The lowest BCUT2D eigenvalue weighted by atomic mass is 9.92. The third-order valence-corrected chi connectivity index (χ3v) is 4.07. The zero-order valence-corrected chi connectivity index (χ0v) is 11.6. The molecule has 0 amide bonds. The highest BCUT2D eigenvalue weighted by Crippen LogP contribution is 2.21. The molecular weight excluding hydrogens is 220 g/mol. The molecule has 1 fully saturated rings. The average molecular weight is 246 g/mol. The highest BCUT2D eigenvalue weighted by molar-refractivity contribution is 5.40. The van der Waals surface area contributed by atoms with Gasteiger partial charge in [-0.3, -0.25) is 0 Å². The van der Waals surface area contributed by atoms with Crippen molar-refractivity contribution in [2.75, 3.05) is 25.4 Å². The molecule has 0 bridgehead atoms. The van der Waals surface area contributed by atoms with E-state index in [1.807, 2.05) is 6.07 Å². The summed E-state index contributed by atoms with van der Waals surface area (Å²) in [6, 6.07) is 8.29. The monoisotopic (exact) mass is 246 g/mol. The highest BCUT2D eigenvalue weighted by Gasteiger charge is 2.17. The molecule has 1 aromatic rings. The largest absolute Gasteiger partial charge is 0.399 e. The second-order valence-corrected chi connectivity index (χ2v) is 5.57. The molecule has 2 heteroatoms. The maximum atomic E-state index is 5.81. The first kappa shape index (κ1) is 13.4. The summed E-state index contributed by atoms with van der Waals surface area (Å²) in [4.78, 5) is 2.61. The molecule has 1 saturated heterocycles. The Morgan fingerprint density at radius 3 is 2.72 bits per heavy atom. The SMILES string of the molecule is CCCC1CCN(CCc2cccc(N)c2)CC1. The number of hydrogen-bond acceptors (Lipinski definition) is 2. The summed E-state index contributed by atoms with van der Waals surface area (Å²) in [7, 11) is 0. The van der Waals surface area contributed by atoms with Crippen LogP contribution in [0, 0.1) is 5.92 Å². The Morgan fingerprint density at radius 2 is 2.06 bits per heavy atom. The van der Waals surface area contributed by atoms with Crippen molar-refractivity contribution in [1.29, 1.82) is 0 Å². The van der Waals surface area contributed by atoms with E-state index in [2.05, 4.69) is 30.0 Å². The Balaban J connectivity index is 1.72. The van der Waals surface area contributed by atoms with Crippen molar-refractivity contribution >= 4 is 5.69 Å². The van der Waals surface area contributed by atoms with Gasteiger partial charge in [-0.2, -0.15) is 0 Å². The van der Waals surface area contributed by atoms with Crippen LogP contribution in [-0.4, -0.2) is 24.5 Å². The molecule has 2 rings (SSSR count). The van der Waals surface area contributed by atoms with Gasteiger partial charge in [0.25, 0.3) is 0 Å². The number of nitrogens with zero attached hydrogens (tertiary/aromatic N) is 1. The summed E-state index contributed by atoms with van der Waals surface area (Å²) in [6.45, 7) is 6.05. The van der Waals surface area contributed by atoms with Crippen LogP contribution in [0.25, 0.3) is 0 Å². The molecule has 0 saturated carbocycles. The number of nitrogens with two attached hydrogens (primary N) is 1. The Labute approximate surface area is 111 Å². The highest BCUT2D eigenvalue weighted by atomic mass is 15.1. The van der Waals surface area contributed by atoms with Gasteiger partial charge in [-0.15, -0.1) is 0 Å². The smallest absolute Gasteiger partial charge is 0.0316 e. The van der Waals surface area contributed by atoms with E-state index in [0.717, 1.165) is 18.0 Å². The van der Waals surface area contributed by atoms with Crippen molar-refractivity contribution in [2.24, 2.45) is 5.92 Å². The van der Waals surface area contributed by atoms with E-state index in [0.29, 0.717) is 0 Å². The molecule has 0 aromatic heterocycles. The molecule has 1 heterocycles. The van der Waals surface area contributed by atoms with Crippen LogP contribution in [0.3, 0.4) is 0 Å². The average Bonchev–Trinajstić information content (AvgIpc) is 2.38. The van der Waals surface area contributed by atoms with Crippen LogP contribution >= 0.6 is 0 Å². The fourth-order valence-electron chi connectivity index (χ4n) is 2.94. The molecule has 1 aliphatic rings. The van der Waals surface area contributed by atoms with Gasteiger partial charge in [-0.1, -0.05) is 31.9 Å². The molecular formula is C16H26N2. The molecule has 100 valence electrons. The van der Waals surface area contributed by atoms with E-state index in [-0.39, 0.29) is 0 Å². The summed E-state index contributed by atoms with van der Waals surface area (Å²) >= 11 is 0. The van der Waals surface area contributed by atoms with E-state index < -0.39 is 0 Å². The van der Waals surface area contributed by atoms with Gasteiger partial charge in [0.1, 0.15) is 0 Å². The molecule has 1 aromatic carbocycles. The number of piperidine rings is 1. The van der Waals surface area contributed by atoms with Crippen molar-refractivity contribution in [3.8, 4) is 0 Å². The fraction of sp³-hybridized carbons (Fsp3) is 0.625. The number of hydrogen-bond donors (Lipinski definition) is 1. The van der Waals surface area contributed by atoms with Crippen molar-refractivity contribution in [3.63, 3.8) is 0 Å². The van der Waals surface area contributed by atoms with E-state index in [9.17, 15) is 0 Å². The van der Waals surface area contributed by atoms with Crippen LogP contribution in [0.15, 0.2) is 24.3 Å². The predicted molar refractivity (Wildman–Crippen MR) is 78.6 cm³/mol. The lowest BCUT2D eigenvalue weighted by molar-refractivity contribution is 0.180. The van der Waals surface area contributed by atoms with E-state index in [4.69, 9.17) is 5.73 Å². The van der Waals surface area contributed by atoms with Crippen LogP contribution in [0.1, 0.15) is 38.2 Å². The molecule has 0 atom stereocenters. The topological polar surface area (TPSA) is 29.3 Å². The molecule has 0 aliphatic carbocycles. The summed E-state index contributed by atoms with van der Waals surface area (Å²) in [5.74, 6) is 0.985. The van der Waals surface area contributed by atoms with E-state index >= 15 is 0 Å². The molecule has 2 nitrogen and oxygen atoms in total. The number of likely N-dealkylation sites (tertiary alicyclic amines) is 1. The Morgan fingerprint density at radius 1 is 1.28 bits per heavy atom. The van der Waals surface area contributed by atoms with Gasteiger partial charge in [0, 0.05) is 12.2 Å². The van der Waals surface area contributed by atoms with Crippen molar-refractivity contribution in [3.05, 3.63) is 29.8 Å². The first-order valence-corrected chi connectivity index (χ1v) is 7.34. The fourth-order valence-corrected chi connectivity index (χ4v) is 2.94. The maximum Gasteiger partial charge on any atom is 0.0316 e. The Kier molecular flexibility index (Phi) is 5.06. The van der Waals surface area contributed by atoms with Crippen LogP contribution in [-0.2, 0) is 6.42 Å². The first-order valence-electron chi connectivity index (χ1n) is 7.34. The van der Waals surface area contributed by atoms with Crippen LogP contribution in [0.4, 0.5) is 5.69 Å². The van der Waals surface area contributed by atoms with Gasteiger partial charge in [0.15, 0.2) is 0 Å². The van der Waals surface area contributed by atoms with Crippen molar-refractivity contribution in [1.82, 2.24) is 4.90 Å². The summed E-state index contributed by atoms with van der Waals surface area (Å²) < 4.78 is 0. The molecule has 0 unspecified atom stereocenters. The molecule has 2 N–H and O–H groups in total. The van der Waals surface area contributed by atoms with Crippen LogP contribution in [0.2, 0.25) is 0 Å². The third-order valence-electron chi connectivity index (χ3n) is 4.07. The summed E-state index contributed by atoms with van der Waals surface area (Å²) in [5.41, 5.74) is 8.06. The molecule has 18 heavy (non-hydrogen) atoms. The van der Waals surface area contributed by atoms with Crippen LogP contribution in [0.5, 0.6) is 0 Å². The van der Waals surface area contributed by atoms with E-state index in [1.165, 1.54) is 50.9 Å². The molecule has 1 aliphatic heterocycles.